The normalized spacial score (nSPS) is 11.2. The first-order chi connectivity index (χ1) is 11.0. The Morgan fingerprint density at radius 2 is 2.00 bits per heavy atom. The number of aromatic nitrogens is 3. The van der Waals surface area contributed by atoms with Crippen LogP contribution in [0.15, 0.2) is 46.4 Å². The quantitative estimate of drug-likeness (QED) is 0.419. The zero-order valence-electron chi connectivity index (χ0n) is 12.5. The minimum absolute atomic E-state index is 0.0797. The van der Waals surface area contributed by atoms with Gasteiger partial charge in [-0.3, -0.25) is 10.1 Å². The minimum atomic E-state index is -0.386. The number of hydrogen-bond donors (Lipinski definition) is 0. The van der Waals surface area contributed by atoms with Crippen molar-refractivity contribution in [3.8, 4) is 11.3 Å². The molecule has 0 saturated heterocycles. The lowest BCUT2D eigenvalue weighted by Gasteiger charge is -2.04. The first kappa shape index (κ1) is 14.6. The first-order valence-electron chi connectivity index (χ1n) is 6.79. The van der Waals surface area contributed by atoms with Crippen molar-refractivity contribution in [1.29, 1.82) is 0 Å². The van der Waals surface area contributed by atoms with E-state index >= 15 is 0 Å². The van der Waals surface area contributed by atoms with Gasteiger partial charge in [0, 0.05) is 17.2 Å². The molecule has 0 N–H and O–H groups in total. The summed E-state index contributed by atoms with van der Waals surface area (Å²) in [6, 6.07) is 6.87. The van der Waals surface area contributed by atoms with E-state index < -0.39 is 0 Å². The number of nitrogens with zero attached hydrogens (tertiary/aromatic N) is 5. The summed E-state index contributed by atoms with van der Waals surface area (Å²) < 4.78 is 7.11. The lowest BCUT2D eigenvalue weighted by atomic mass is 10.0. The van der Waals surface area contributed by atoms with Crippen molar-refractivity contribution in [2.24, 2.45) is 5.10 Å². The summed E-state index contributed by atoms with van der Waals surface area (Å²) in [5, 5.41) is 22.5. The fraction of sp³-hybridized carbons (Fsp3) is 0.133. The Morgan fingerprint density at radius 1 is 1.26 bits per heavy atom. The van der Waals surface area contributed by atoms with Crippen molar-refractivity contribution in [2.75, 3.05) is 0 Å². The fourth-order valence-corrected chi connectivity index (χ4v) is 2.13. The third kappa shape index (κ3) is 3.00. The fourth-order valence-electron chi connectivity index (χ4n) is 2.13. The van der Waals surface area contributed by atoms with Crippen molar-refractivity contribution < 1.29 is 9.34 Å². The average molecular weight is 311 g/mol. The van der Waals surface area contributed by atoms with Gasteiger partial charge in [-0.25, -0.2) is 4.68 Å². The molecule has 8 nitrogen and oxygen atoms in total. The van der Waals surface area contributed by atoms with Gasteiger partial charge in [0.25, 0.3) is 5.69 Å². The molecule has 0 unspecified atom stereocenters. The van der Waals surface area contributed by atoms with Gasteiger partial charge in [0.2, 0.25) is 0 Å². The summed E-state index contributed by atoms with van der Waals surface area (Å²) in [4.78, 5) is 10.8. The summed E-state index contributed by atoms with van der Waals surface area (Å²) >= 11 is 0. The lowest BCUT2D eigenvalue weighted by molar-refractivity contribution is -0.385. The predicted molar refractivity (Wildman–Crippen MR) is 83.3 cm³/mol. The summed E-state index contributed by atoms with van der Waals surface area (Å²) in [7, 11) is 0. The molecule has 0 saturated carbocycles. The smallest absolute Gasteiger partial charge is 0.273 e. The second-order valence-corrected chi connectivity index (χ2v) is 4.98. The van der Waals surface area contributed by atoms with Gasteiger partial charge in [0.05, 0.1) is 11.1 Å². The number of hydrogen-bond acceptors (Lipinski definition) is 6. The van der Waals surface area contributed by atoms with Crippen LogP contribution in [0, 0.1) is 24.0 Å². The van der Waals surface area contributed by atoms with Crippen LogP contribution >= 0.6 is 0 Å². The molecule has 3 aromatic rings. The Hall–Kier alpha value is -3.29. The zero-order valence-corrected chi connectivity index (χ0v) is 12.5. The van der Waals surface area contributed by atoms with Gasteiger partial charge < -0.3 is 4.42 Å². The third-order valence-electron chi connectivity index (χ3n) is 3.47. The van der Waals surface area contributed by atoms with Crippen molar-refractivity contribution in [3.05, 3.63) is 63.9 Å². The number of rotatable bonds is 4. The molecule has 8 heteroatoms. The third-order valence-corrected chi connectivity index (χ3v) is 3.47. The number of furan rings is 1. The number of nitro groups is 1. The van der Waals surface area contributed by atoms with E-state index in [4.69, 9.17) is 4.42 Å². The van der Waals surface area contributed by atoms with Crippen LogP contribution in [0.5, 0.6) is 0 Å². The van der Waals surface area contributed by atoms with Crippen LogP contribution in [0.4, 0.5) is 5.69 Å². The molecular weight excluding hydrogens is 298 g/mol. The highest BCUT2D eigenvalue weighted by Crippen LogP contribution is 2.30. The molecule has 0 aliphatic heterocycles. The van der Waals surface area contributed by atoms with Crippen LogP contribution in [0.2, 0.25) is 0 Å². The van der Waals surface area contributed by atoms with Gasteiger partial charge in [-0.2, -0.15) is 5.10 Å². The topological polar surface area (TPSA) is 99.3 Å². The SMILES string of the molecule is Cc1cc(-c2ccc(/C=N\n3cnnc3)o2)cc([N+](=O)[O-])c1C. The molecule has 2 aromatic heterocycles. The van der Waals surface area contributed by atoms with Crippen molar-refractivity contribution >= 4 is 11.9 Å². The van der Waals surface area contributed by atoms with Crippen molar-refractivity contribution in [1.82, 2.24) is 14.9 Å². The molecule has 0 spiro atoms. The van der Waals surface area contributed by atoms with Crippen molar-refractivity contribution in [3.63, 3.8) is 0 Å². The van der Waals surface area contributed by atoms with E-state index in [1.807, 2.05) is 13.0 Å². The van der Waals surface area contributed by atoms with Crippen LogP contribution in [0.25, 0.3) is 11.3 Å². The van der Waals surface area contributed by atoms with Gasteiger partial charge in [-0.1, -0.05) is 0 Å². The molecule has 1 aromatic carbocycles. The summed E-state index contributed by atoms with van der Waals surface area (Å²) in [5.74, 6) is 1.07. The Bertz CT molecular complexity index is 881. The van der Waals surface area contributed by atoms with Crippen LogP contribution in [0.1, 0.15) is 16.9 Å². The average Bonchev–Trinajstić information content (AvgIpc) is 3.18. The van der Waals surface area contributed by atoms with E-state index in [-0.39, 0.29) is 10.6 Å². The summed E-state index contributed by atoms with van der Waals surface area (Å²) in [6.07, 6.45) is 4.42. The highest BCUT2D eigenvalue weighted by atomic mass is 16.6. The number of nitro benzene ring substituents is 1. The van der Waals surface area contributed by atoms with E-state index in [2.05, 4.69) is 15.3 Å². The van der Waals surface area contributed by atoms with Crippen LogP contribution in [0.3, 0.4) is 0 Å². The lowest BCUT2D eigenvalue weighted by Crippen LogP contribution is -1.94. The van der Waals surface area contributed by atoms with E-state index in [0.717, 1.165) is 5.56 Å². The van der Waals surface area contributed by atoms with Gasteiger partial charge in [-0.15, -0.1) is 10.2 Å². The van der Waals surface area contributed by atoms with Crippen LogP contribution in [-0.4, -0.2) is 26.0 Å². The van der Waals surface area contributed by atoms with Gasteiger partial charge >= 0.3 is 0 Å². The van der Waals surface area contributed by atoms with Gasteiger partial charge in [-0.05, 0) is 37.6 Å². The maximum Gasteiger partial charge on any atom is 0.273 e. The molecule has 0 aliphatic rings. The van der Waals surface area contributed by atoms with Crippen LogP contribution < -0.4 is 0 Å². The van der Waals surface area contributed by atoms with E-state index in [9.17, 15) is 10.1 Å². The Labute approximate surface area is 131 Å². The second-order valence-electron chi connectivity index (χ2n) is 4.98. The molecule has 0 radical (unpaired) electrons. The number of benzene rings is 1. The van der Waals surface area contributed by atoms with E-state index in [0.29, 0.717) is 22.6 Å². The molecule has 0 bridgehead atoms. The van der Waals surface area contributed by atoms with E-state index in [1.54, 1.807) is 19.1 Å². The van der Waals surface area contributed by atoms with Crippen LogP contribution in [-0.2, 0) is 0 Å². The molecule has 0 amide bonds. The second kappa shape index (κ2) is 5.84. The minimum Gasteiger partial charge on any atom is -0.455 e. The maximum absolute atomic E-state index is 11.1. The van der Waals surface area contributed by atoms with Gasteiger partial charge in [0.1, 0.15) is 24.2 Å². The maximum atomic E-state index is 11.1. The highest BCUT2D eigenvalue weighted by Gasteiger charge is 2.16. The summed E-state index contributed by atoms with van der Waals surface area (Å²) in [5.41, 5.74) is 2.23. The van der Waals surface area contributed by atoms with E-state index in [1.165, 1.54) is 29.6 Å². The highest BCUT2D eigenvalue weighted by molar-refractivity contribution is 5.77. The summed E-state index contributed by atoms with van der Waals surface area (Å²) in [6.45, 7) is 3.57. The first-order valence-corrected chi connectivity index (χ1v) is 6.79. The molecule has 0 fully saturated rings. The molecule has 23 heavy (non-hydrogen) atoms. The number of aryl methyl sites for hydroxylation is 1. The largest absolute Gasteiger partial charge is 0.455 e. The zero-order chi connectivity index (χ0) is 16.4. The molecule has 2 heterocycles. The standard InChI is InChI=1S/C15H13N5O3/c1-10-5-12(6-14(11(10)2)20(21)22)15-4-3-13(23-15)7-18-19-8-16-17-9-19/h3-9H,1-2H3/b18-7-. The van der Waals surface area contributed by atoms with Gasteiger partial charge in [0.15, 0.2) is 0 Å². The molecule has 0 atom stereocenters. The monoisotopic (exact) mass is 311 g/mol. The van der Waals surface area contributed by atoms with Crippen molar-refractivity contribution in [2.45, 2.75) is 13.8 Å². The Morgan fingerprint density at radius 3 is 2.70 bits per heavy atom. The predicted octanol–water partition coefficient (Wildman–Crippen LogP) is 2.95. The molecule has 116 valence electrons. The molecular formula is C15H13N5O3. The molecule has 3 rings (SSSR count). The Kier molecular flexibility index (Phi) is 3.71. The Balaban J connectivity index is 1.93. The molecule has 0 aliphatic carbocycles.